The zero-order chi connectivity index (χ0) is 18.7. The van der Waals surface area contributed by atoms with Crippen LogP contribution in [0.15, 0.2) is 53.6 Å². The summed E-state index contributed by atoms with van der Waals surface area (Å²) in [7, 11) is -3.84. The van der Waals surface area contributed by atoms with Crippen molar-refractivity contribution in [3.8, 4) is 5.75 Å². The van der Waals surface area contributed by atoms with Gasteiger partial charge in [-0.3, -0.25) is 9.71 Å². The number of aliphatic hydroxyl groups excluding tert-OH is 1. The van der Waals surface area contributed by atoms with Crippen LogP contribution in [0.1, 0.15) is 18.1 Å². The van der Waals surface area contributed by atoms with E-state index >= 15 is 0 Å². The molecule has 0 aliphatic rings. The number of benzene rings is 2. The first-order valence-electron chi connectivity index (χ1n) is 8.19. The van der Waals surface area contributed by atoms with E-state index < -0.39 is 10.0 Å². The largest absolute Gasteiger partial charge is 0.494 e. The van der Waals surface area contributed by atoms with Crippen molar-refractivity contribution in [2.24, 2.45) is 0 Å². The molecule has 3 rings (SSSR count). The van der Waals surface area contributed by atoms with Gasteiger partial charge in [0, 0.05) is 22.8 Å². The number of nitrogens with zero attached hydrogens (tertiary/aromatic N) is 1. The molecule has 26 heavy (non-hydrogen) atoms. The lowest BCUT2D eigenvalue weighted by Crippen LogP contribution is -2.14. The maximum Gasteiger partial charge on any atom is 0.264 e. The minimum Gasteiger partial charge on any atom is -0.494 e. The standard InChI is InChI=1S/C19H20N2O4S/c1-3-25-17-8-7-16(10-15(17)12-22)21-26(23,24)18-6-4-5-14-9-13(2)11-20-19(14)18/h4-11,21-22H,3,12H2,1-2H3. The first kappa shape index (κ1) is 18.2. The minimum absolute atomic E-state index is 0.106. The summed E-state index contributed by atoms with van der Waals surface area (Å²) in [6, 6.07) is 11.7. The Kier molecular flexibility index (Phi) is 5.11. The number of aliphatic hydroxyl groups is 1. The fourth-order valence-electron chi connectivity index (χ4n) is 2.73. The molecule has 0 unspecified atom stereocenters. The molecule has 0 atom stereocenters. The third-order valence-electron chi connectivity index (χ3n) is 3.88. The number of ether oxygens (including phenoxy) is 1. The van der Waals surface area contributed by atoms with Gasteiger partial charge < -0.3 is 9.84 Å². The van der Waals surface area contributed by atoms with E-state index in [0.29, 0.717) is 29.1 Å². The van der Waals surface area contributed by atoms with E-state index in [4.69, 9.17) is 4.74 Å². The number of aryl methyl sites for hydroxylation is 1. The molecule has 2 aromatic carbocycles. The zero-order valence-electron chi connectivity index (χ0n) is 14.6. The lowest BCUT2D eigenvalue weighted by Gasteiger charge is -2.13. The normalized spacial score (nSPS) is 11.5. The highest BCUT2D eigenvalue weighted by molar-refractivity contribution is 7.93. The first-order valence-corrected chi connectivity index (χ1v) is 9.67. The number of para-hydroxylation sites is 1. The summed E-state index contributed by atoms with van der Waals surface area (Å²) in [6.45, 7) is 3.95. The van der Waals surface area contributed by atoms with Crippen molar-refractivity contribution in [2.75, 3.05) is 11.3 Å². The topological polar surface area (TPSA) is 88.5 Å². The second-order valence-corrected chi connectivity index (χ2v) is 7.51. The number of hydrogen-bond acceptors (Lipinski definition) is 5. The maximum absolute atomic E-state index is 12.9. The third-order valence-corrected chi connectivity index (χ3v) is 5.30. The Bertz CT molecular complexity index is 1050. The molecule has 0 saturated heterocycles. The van der Waals surface area contributed by atoms with Crippen molar-refractivity contribution in [3.63, 3.8) is 0 Å². The number of fused-ring (bicyclic) bond motifs is 1. The van der Waals surface area contributed by atoms with Crippen molar-refractivity contribution in [1.29, 1.82) is 0 Å². The van der Waals surface area contributed by atoms with Crippen LogP contribution in [0.3, 0.4) is 0 Å². The van der Waals surface area contributed by atoms with Gasteiger partial charge in [0.1, 0.15) is 10.6 Å². The van der Waals surface area contributed by atoms with Crippen LogP contribution < -0.4 is 9.46 Å². The van der Waals surface area contributed by atoms with Crippen molar-refractivity contribution in [1.82, 2.24) is 4.98 Å². The molecule has 136 valence electrons. The van der Waals surface area contributed by atoms with Gasteiger partial charge in [-0.2, -0.15) is 0 Å². The molecule has 0 spiro atoms. The first-order chi connectivity index (χ1) is 12.4. The number of hydrogen-bond donors (Lipinski definition) is 2. The highest BCUT2D eigenvalue weighted by Gasteiger charge is 2.19. The van der Waals surface area contributed by atoms with Gasteiger partial charge in [-0.25, -0.2) is 8.42 Å². The average molecular weight is 372 g/mol. The summed E-state index contributed by atoms with van der Waals surface area (Å²) < 4.78 is 33.7. The molecule has 0 aliphatic carbocycles. The Hall–Kier alpha value is -2.64. The van der Waals surface area contributed by atoms with Crippen LogP contribution >= 0.6 is 0 Å². The van der Waals surface area contributed by atoms with Crippen LogP contribution in [0.4, 0.5) is 5.69 Å². The van der Waals surface area contributed by atoms with E-state index in [9.17, 15) is 13.5 Å². The molecule has 0 saturated carbocycles. The van der Waals surface area contributed by atoms with Crippen LogP contribution in [-0.4, -0.2) is 25.1 Å². The lowest BCUT2D eigenvalue weighted by molar-refractivity contribution is 0.267. The van der Waals surface area contributed by atoms with Crippen molar-refractivity contribution < 1.29 is 18.3 Å². The van der Waals surface area contributed by atoms with Crippen LogP contribution in [0.2, 0.25) is 0 Å². The Morgan fingerprint density at radius 2 is 2.00 bits per heavy atom. The zero-order valence-corrected chi connectivity index (χ0v) is 15.4. The molecular formula is C19H20N2O4S. The number of aromatic nitrogens is 1. The van der Waals surface area contributed by atoms with Gasteiger partial charge in [-0.05, 0) is 49.7 Å². The molecule has 3 aromatic rings. The summed E-state index contributed by atoms with van der Waals surface area (Å²) in [4.78, 5) is 4.39. The van der Waals surface area contributed by atoms with E-state index in [-0.39, 0.29) is 11.5 Å². The van der Waals surface area contributed by atoms with Crippen molar-refractivity contribution in [3.05, 3.63) is 59.8 Å². The highest BCUT2D eigenvalue weighted by atomic mass is 32.2. The van der Waals surface area contributed by atoms with E-state index in [0.717, 1.165) is 10.9 Å². The predicted octanol–water partition coefficient (Wildman–Crippen LogP) is 3.24. The van der Waals surface area contributed by atoms with Crippen LogP contribution in [0, 0.1) is 6.92 Å². The fraction of sp³-hybridized carbons (Fsp3) is 0.211. The van der Waals surface area contributed by atoms with Gasteiger partial charge in [0.05, 0.1) is 18.7 Å². The van der Waals surface area contributed by atoms with Crippen molar-refractivity contribution in [2.45, 2.75) is 25.3 Å². The monoisotopic (exact) mass is 372 g/mol. The second-order valence-electron chi connectivity index (χ2n) is 5.86. The molecule has 6 nitrogen and oxygen atoms in total. The summed E-state index contributed by atoms with van der Waals surface area (Å²) in [6.07, 6.45) is 1.64. The van der Waals surface area contributed by atoms with Crippen LogP contribution in [0.5, 0.6) is 5.75 Å². The Morgan fingerprint density at radius 1 is 1.19 bits per heavy atom. The third kappa shape index (κ3) is 3.63. The SMILES string of the molecule is CCOc1ccc(NS(=O)(=O)c2cccc3cc(C)cnc23)cc1CO. The molecular weight excluding hydrogens is 352 g/mol. The van der Waals surface area contributed by atoms with E-state index in [1.54, 1.807) is 30.5 Å². The Morgan fingerprint density at radius 3 is 2.73 bits per heavy atom. The van der Waals surface area contributed by atoms with Gasteiger partial charge in [0.25, 0.3) is 10.0 Å². The quantitative estimate of drug-likeness (QED) is 0.693. The lowest BCUT2D eigenvalue weighted by atomic mass is 10.2. The molecule has 7 heteroatoms. The van der Waals surface area contributed by atoms with Crippen LogP contribution in [0.25, 0.3) is 10.9 Å². The number of nitrogens with one attached hydrogen (secondary N) is 1. The minimum atomic E-state index is -3.84. The summed E-state index contributed by atoms with van der Waals surface area (Å²) in [5.74, 6) is 0.528. The van der Waals surface area contributed by atoms with Gasteiger partial charge >= 0.3 is 0 Å². The number of anilines is 1. The number of rotatable bonds is 6. The summed E-state index contributed by atoms with van der Waals surface area (Å²) in [5.41, 5.74) is 2.23. The van der Waals surface area contributed by atoms with E-state index in [1.807, 2.05) is 26.0 Å². The molecule has 0 bridgehead atoms. The Labute approximate surface area is 152 Å². The van der Waals surface area contributed by atoms with Crippen molar-refractivity contribution >= 4 is 26.6 Å². The fourth-order valence-corrected chi connectivity index (χ4v) is 3.96. The maximum atomic E-state index is 12.9. The van der Waals surface area contributed by atoms with Gasteiger partial charge in [0.2, 0.25) is 0 Å². The van der Waals surface area contributed by atoms with Crippen LogP contribution in [-0.2, 0) is 16.6 Å². The highest BCUT2D eigenvalue weighted by Crippen LogP contribution is 2.27. The van der Waals surface area contributed by atoms with Gasteiger partial charge in [-0.15, -0.1) is 0 Å². The smallest absolute Gasteiger partial charge is 0.264 e. The molecule has 1 heterocycles. The number of sulfonamides is 1. The predicted molar refractivity (Wildman–Crippen MR) is 101 cm³/mol. The van der Waals surface area contributed by atoms with E-state index in [1.165, 1.54) is 6.07 Å². The number of pyridine rings is 1. The average Bonchev–Trinajstić information content (AvgIpc) is 2.62. The molecule has 0 amide bonds. The molecule has 2 N–H and O–H groups in total. The molecule has 0 aliphatic heterocycles. The Balaban J connectivity index is 2.00. The molecule has 0 radical (unpaired) electrons. The summed E-state index contributed by atoms with van der Waals surface area (Å²) >= 11 is 0. The van der Waals surface area contributed by atoms with E-state index in [2.05, 4.69) is 9.71 Å². The van der Waals surface area contributed by atoms with Gasteiger partial charge in [-0.1, -0.05) is 12.1 Å². The molecule has 1 aromatic heterocycles. The summed E-state index contributed by atoms with van der Waals surface area (Å²) in [5, 5.41) is 10.2. The van der Waals surface area contributed by atoms with Gasteiger partial charge in [0.15, 0.2) is 0 Å². The molecule has 0 fully saturated rings. The second kappa shape index (κ2) is 7.31.